The van der Waals surface area contributed by atoms with Crippen molar-refractivity contribution >= 4 is 11.7 Å². The Hall–Kier alpha value is -1.69. The summed E-state index contributed by atoms with van der Waals surface area (Å²) in [5, 5.41) is 8.69. The molecule has 22 heavy (non-hydrogen) atoms. The van der Waals surface area contributed by atoms with Crippen molar-refractivity contribution in [3.05, 3.63) is 17.8 Å². The van der Waals surface area contributed by atoms with Gasteiger partial charge in [0.25, 0.3) is 0 Å². The van der Waals surface area contributed by atoms with Gasteiger partial charge in [-0.05, 0) is 26.2 Å². The van der Waals surface area contributed by atoms with Gasteiger partial charge in [0, 0.05) is 31.6 Å². The maximum atomic E-state index is 12.0. The molecule has 0 N–H and O–H groups in total. The first-order valence-electron chi connectivity index (χ1n) is 7.79. The van der Waals surface area contributed by atoms with Gasteiger partial charge in [-0.25, -0.2) is 0 Å². The number of nitrogens with zero attached hydrogens (tertiary/aromatic N) is 5. The molecule has 1 aliphatic rings. The predicted molar refractivity (Wildman–Crippen MR) is 88.1 cm³/mol. The van der Waals surface area contributed by atoms with Crippen molar-refractivity contribution in [1.82, 2.24) is 20.0 Å². The molecule has 1 aromatic rings. The quantitative estimate of drug-likeness (QED) is 0.833. The molecule has 0 aliphatic carbocycles. The minimum Gasteiger partial charge on any atom is -0.352 e. The Morgan fingerprint density at radius 1 is 1.14 bits per heavy atom. The molecule has 1 saturated heterocycles. The summed E-state index contributed by atoms with van der Waals surface area (Å²) in [5.74, 6) is 1.09. The summed E-state index contributed by atoms with van der Waals surface area (Å²) in [6.07, 6.45) is 0. The molecule has 2 rings (SSSR count). The van der Waals surface area contributed by atoms with Gasteiger partial charge in [0.1, 0.15) is 0 Å². The number of carbonyl (C=O) groups is 1. The highest BCUT2D eigenvalue weighted by Crippen LogP contribution is 2.21. The van der Waals surface area contributed by atoms with Crippen LogP contribution in [0.5, 0.6) is 0 Å². The van der Waals surface area contributed by atoms with E-state index < -0.39 is 0 Å². The largest absolute Gasteiger partial charge is 0.352 e. The molecule has 0 radical (unpaired) electrons. The lowest BCUT2D eigenvalue weighted by atomic mass is 9.92. The summed E-state index contributed by atoms with van der Waals surface area (Å²) >= 11 is 0. The SMILES string of the molecule is CN(C)CC(=O)N1CCN(c2ccc(C(C)(C)C)nn2)CC1. The summed E-state index contributed by atoms with van der Waals surface area (Å²) in [5.41, 5.74) is 1.01. The number of carbonyl (C=O) groups excluding carboxylic acids is 1. The van der Waals surface area contributed by atoms with Gasteiger partial charge in [-0.3, -0.25) is 4.79 Å². The molecule has 0 bridgehead atoms. The highest BCUT2D eigenvalue weighted by atomic mass is 16.2. The first kappa shape index (κ1) is 16.7. The summed E-state index contributed by atoms with van der Waals surface area (Å²) in [6.45, 7) is 9.97. The van der Waals surface area contributed by atoms with Gasteiger partial charge in [-0.1, -0.05) is 20.8 Å². The van der Waals surface area contributed by atoms with Gasteiger partial charge < -0.3 is 14.7 Å². The lowest BCUT2D eigenvalue weighted by molar-refractivity contribution is -0.132. The normalized spacial score (nSPS) is 16.3. The number of piperazine rings is 1. The third-order valence-electron chi connectivity index (χ3n) is 3.83. The van der Waals surface area contributed by atoms with Crippen molar-refractivity contribution in [2.45, 2.75) is 26.2 Å². The topological polar surface area (TPSA) is 52.6 Å². The van der Waals surface area contributed by atoms with E-state index in [9.17, 15) is 4.79 Å². The molecule has 6 nitrogen and oxygen atoms in total. The Morgan fingerprint density at radius 3 is 2.23 bits per heavy atom. The van der Waals surface area contributed by atoms with E-state index in [1.807, 2.05) is 36.0 Å². The summed E-state index contributed by atoms with van der Waals surface area (Å²) in [6, 6.07) is 4.08. The maximum absolute atomic E-state index is 12.0. The van der Waals surface area contributed by atoms with Crippen LogP contribution >= 0.6 is 0 Å². The molecule has 0 unspecified atom stereocenters. The van der Waals surface area contributed by atoms with E-state index >= 15 is 0 Å². The Morgan fingerprint density at radius 2 is 1.77 bits per heavy atom. The van der Waals surface area contributed by atoms with Crippen LogP contribution in [-0.2, 0) is 10.2 Å². The number of anilines is 1. The van der Waals surface area contributed by atoms with Crippen LogP contribution < -0.4 is 4.90 Å². The van der Waals surface area contributed by atoms with Gasteiger partial charge >= 0.3 is 0 Å². The first-order valence-corrected chi connectivity index (χ1v) is 7.79. The molecule has 0 spiro atoms. The molecule has 0 atom stereocenters. The Bertz CT molecular complexity index is 498. The summed E-state index contributed by atoms with van der Waals surface area (Å²) in [7, 11) is 3.83. The number of amides is 1. The molecule has 1 aromatic heterocycles. The number of hydrogen-bond donors (Lipinski definition) is 0. The van der Waals surface area contributed by atoms with Crippen molar-refractivity contribution in [1.29, 1.82) is 0 Å². The molecule has 0 aromatic carbocycles. The van der Waals surface area contributed by atoms with Crippen LogP contribution in [0.2, 0.25) is 0 Å². The Kier molecular flexibility index (Phi) is 5.01. The zero-order valence-electron chi connectivity index (χ0n) is 14.3. The third kappa shape index (κ3) is 4.16. The highest BCUT2D eigenvalue weighted by Gasteiger charge is 2.23. The maximum Gasteiger partial charge on any atom is 0.236 e. The molecule has 122 valence electrons. The van der Waals surface area contributed by atoms with Gasteiger partial charge in [-0.2, -0.15) is 5.10 Å². The lowest BCUT2D eigenvalue weighted by Crippen LogP contribution is -2.51. The fourth-order valence-electron chi connectivity index (χ4n) is 2.45. The van der Waals surface area contributed by atoms with E-state index in [1.54, 1.807) is 0 Å². The number of hydrogen-bond acceptors (Lipinski definition) is 5. The Labute approximate surface area is 133 Å². The van der Waals surface area contributed by atoms with Crippen molar-refractivity contribution in [2.24, 2.45) is 0 Å². The highest BCUT2D eigenvalue weighted by molar-refractivity contribution is 5.78. The van der Waals surface area contributed by atoms with E-state index in [2.05, 4.69) is 35.9 Å². The second-order valence-electron chi connectivity index (χ2n) is 7.13. The van der Waals surface area contributed by atoms with E-state index in [0.717, 1.165) is 37.7 Å². The monoisotopic (exact) mass is 305 g/mol. The van der Waals surface area contributed by atoms with Crippen molar-refractivity contribution in [2.75, 3.05) is 51.7 Å². The minimum absolute atomic E-state index is 0.0167. The van der Waals surface area contributed by atoms with Crippen LogP contribution in [0, 0.1) is 0 Å². The average molecular weight is 305 g/mol. The van der Waals surface area contributed by atoms with Crippen LogP contribution in [0.1, 0.15) is 26.5 Å². The molecule has 0 saturated carbocycles. The predicted octanol–water partition coefficient (Wildman–Crippen LogP) is 0.984. The summed E-state index contributed by atoms with van der Waals surface area (Å²) in [4.78, 5) is 18.1. The standard InChI is InChI=1S/C16H27N5O/c1-16(2,3)13-6-7-14(18-17-13)20-8-10-21(11-9-20)15(22)12-19(4)5/h6-7H,8-12H2,1-5H3. The van der Waals surface area contributed by atoms with Crippen molar-refractivity contribution < 1.29 is 4.79 Å². The molecule has 6 heteroatoms. The van der Waals surface area contributed by atoms with E-state index in [4.69, 9.17) is 0 Å². The lowest BCUT2D eigenvalue weighted by Gasteiger charge is -2.35. The van der Waals surface area contributed by atoms with E-state index in [0.29, 0.717) is 6.54 Å². The molecule has 1 fully saturated rings. The molecular weight excluding hydrogens is 278 g/mol. The number of aromatic nitrogens is 2. The molecule has 1 amide bonds. The molecular formula is C16H27N5O. The summed E-state index contributed by atoms with van der Waals surface area (Å²) < 4.78 is 0. The van der Waals surface area contributed by atoms with Gasteiger partial charge in [-0.15, -0.1) is 5.10 Å². The van der Waals surface area contributed by atoms with Crippen LogP contribution in [0.15, 0.2) is 12.1 Å². The smallest absolute Gasteiger partial charge is 0.236 e. The zero-order valence-corrected chi connectivity index (χ0v) is 14.3. The second kappa shape index (κ2) is 6.60. The first-order chi connectivity index (χ1) is 10.3. The van der Waals surface area contributed by atoms with Gasteiger partial charge in [0.05, 0.1) is 12.2 Å². The molecule has 2 heterocycles. The average Bonchev–Trinajstić information content (AvgIpc) is 2.46. The fourth-order valence-corrected chi connectivity index (χ4v) is 2.45. The van der Waals surface area contributed by atoms with Crippen LogP contribution in [0.4, 0.5) is 5.82 Å². The van der Waals surface area contributed by atoms with Crippen molar-refractivity contribution in [3.63, 3.8) is 0 Å². The van der Waals surface area contributed by atoms with Gasteiger partial charge in [0.15, 0.2) is 5.82 Å². The third-order valence-corrected chi connectivity index (χ3v) is 3.83. The Balaban J connectivity index is 1.93. The second-order valence-corrected chi connectivity index (χ2v) is 7.13. The van der Waals surface area contributed by atoms with Crippen LogP contribution in [-0.4, -0.2) is 72.7 Å². The van der Waals surface area contributed by atoms with Gasteiger partial charge in [0.2, 0.25) is 5.91 Å². The van der Waals surface area contributed by atoms with Crippen molar-refractivity contribution in [3.8, 4) is 0 Å². The minimum atomic E-state index is 0.0167. The number of likely N-dealkylation sites (N-methyl/N-ethyl adjacent to an activating group) is 1. The van der Waals surface area contributed by atoms with Crippen LogP contribution in [0.25, 0.3) is 0 Å². The van der Waals surface area contributed by atoms with Crippen LogP contribution in [0.3, 0.4) is 0 Å². The molecule has 1 aliphatic heterocycles. The fraction of sp³-hybridized carbons (Fsp3) is 0.688. The number of rotatable bonds is 3. The zero-order chi connectivity index (χ0) is 16.3. The van der Waals surface area contributed by atoms with E-state index in [1.165, 1.54) is 0 Å². The van der Waals surface area contributed by atoms with E-state index in [-0.39, 0.29) is 11.3 Å².